The zero-order valence-corrected chi connectivity index (χ0v) is 43.9. The maximum Gasteiger partial charge on any atom is 0.359 e. The van der Waals surface area contributed by atoms with E-state index in [-0.39, 0.29) is 43.4 Å². The first kappa shape index (κ1) is 62.3. The molecule has 1 fully saturated rings. The van der Waals surface area contributed by atoms with E-state index >= 15 is 0 Å². The van der Waals surface area contributed by atoms with Crippen LogP contribution in [0.15, 0.2) is 0 Å². The monoisotopic (exact) mass is 950 g/mol. The lowest BCUT2D eigenvalue weighted by Gasteiger charge is -2.17. The van der Waals surface area contributed by atoms with Crippen molar-refractivity contribution in [1.29, 1.82) is 0 Å². The first-order valence-corrected chi connectivity index (χ1v) is 28.4. The number of hydrogen-bond donors (Lipinski definition) is 0. The number of carbonyl (C=O) groups excluding carboxylic acids is 5. The smallest absolute Gasteiger partial charge is 0.359 e. The van der Waals surface area contributed by atoms with E-state index in [9.17, 15) is 24.0 Å². The van der Waals surface area contributed by atoms with Gasteiger partial charge < -0.3 is 28.6 Å². The number of hydrogen-bond acceptors (Lipinski definition) is 11. The Morgan fingerprint density at radius 3 is 1.06 bits per heavy atom. The first-order valence-electron chi connectivity index (χ1n) is 28.4. The van der Waals surface area contributed by atoms with E-state index < -0.39 is 24.0 Å². The Morgan fingerprint density at radius 2 is 0.687 bits per heavy atom. The van der Waals surface area contributed by atoms with Crippen molar-refractivity contribution >= 4 is 29.8 Å². The third-order valence-corrected chi connectivity index (χ3v) is 13.3. The van der Waals surface area contributed by atoms with Gasteiger partial charge in [-0.3, -0.25) is 14.4 Å². The molecule has 1 heterocycles. The fourth-order valence-electron chi connectivity index (χ4n) is 8.92. The molecule has 2 atom stereocenters. The lowest BCUT2D eigenvalue weighted by atomic mass is 9.94. The van der Waals surface area contributed by atoms with E-state index in [1.165, 1.54) is 103 Å². The molecule has 11 nitrogen and oxygen atoms in total. The predicted molar refractivity (Wildman–Crippen MR) is 271 cm³/mol. The summed E-state index contributed by atoms with van der Waals surface area (Å²) in [5.74, 6) is -2.61. The van der Waals surface area contributed by atoms with Gasteiger partial charge in [-0.25, -0.2) is 9.59 Å². The van der Waals surface area contributed by atoms with Gasteiger partial charge in [-0.2, -0.15) is 0 Å². The number of unbranched alkanes of at least 4 members (excludes halogenated alkanes) is 23. The Bertz CT molecular complexity index is 1130. The van der Waals surface area contributed by atoms with Gasteiger partial charge in [0.15, 0.2) is 0 Å². The summed E-state index contributed by atoms with van der Waals surface area (Å²) in [4.78, 5) is 67.5. The van der Waals surface area contributed by atoms with Crippen LogP contribution in [0.1, 0.15) is 265 Å². The molecule has 2 unspecified atom stereocenters. The number of rotatable bonds is 48. The van der Waals surface area contributed by atoms with E-state index in [0.717, 1.165) is 129 Å². The second-order valence-corrected chi connectivity index (χ2v) is 19.6. The van der Waals surface area contributed by atoms with Gasteiger partial charge in [0.2, 0.25) is 0 Å². The standard InChI is InChI=1S/C56H103NO10/c1-5-9-13-17-19-27-39-49(37-25-15-11-7-3)53(59)63-45-33-21-23-35-47-65-55(61)52(67-51(58)41-29-30-42-57-43-31-32-44-57)56(62)66-48-36-24-22-34-46-64-54(60)50(38-26-16-12-8-4)40-28-20-18-14-10-6-2/h49-50,52H,5-48H2,1-4H3. The molecule has 0 aromatic heterocycles. The van der Waals surface area contributed by atoms with E-state index in [1.54, 1.807) is 0 Å². The minimum absolute atomic E-state index is 0.0172. The Hall–Kier alpha value is -2.69. The summed E-state index contributed by atoms with van der Waals surface area (Å²) in [7, 11) is 0. The van der Waals surface area contributed by atoms with E-state index in [2.05, 4.69) is 32.6 Å². The van der Waals surface area contributed by atoms with Crippen molar-refractivity contribution in [1.82, 2.24) is 4.90 Å². The van der Waals surface area contributed by atoms with Crippen molar-refractivity contribution < 1.29 is 47.7 Å². The highest BCUT2D eigenvalue weighted by atomic mass is 16.6. The van der Waals surface area contributed by atoms with Gasteiger partial charge in [-0.15, -0.1) is 0 Å². The Labute approximate surface area is 410 Å². The van der Waals surface area contributed by atoms with E-state index in [1.807, 2.05) is 0 Å². The van der Waals surface area contributed by atoms with Crippen LogP contribution in [0.25, 0.3) is 0 Å². The number of carbonyl (C=O) groups is 5. The van der Waals surface area contributed by atoms with Crippen molar-refractivity contribution in [2.45, 2.75) is 271 Å². The second-order valence-electron chi connectivity index (χ2n) is 19.6. The van der Waals surface area contributed by atoms with Crippen LogP contribution in [0.5, 0.6) is 0 Å². The highest BCUT2D eigenvalue weighted by Crippen LogP contribution is 2.23. The third kappa shape index (κ3) is 36.0. The third-order valence-electron chi connectivity index (χ3n) is 13.3. The Morgan fingerprint density at radius 1 is 0.373 bits per heavy atom. The summed E-state index contributed by atoms with van der Waals surface area (Å²) in [5.41, 5.74) is 0. The van der Waals surface area contributed by atoms with Crippen LogP contribution >= 0.6 is 0 Å². The fraction of sp³-hybridized carbons (Fsp3) is 0.911. The zero-order valence-electron chi connectivity index (χ0n) is 43.9. The summed E-state index contributed by atoms with van der Waals surface area (Å²) in [6.45, 7) is 12.9. The molecule has 392 valence electrons. The molecule has 0 bridgehead atoms. The first-order chi connectivity index (χ1) is 32.8. The summed E-state index contributed by atoms with van der Waals surface area (Å²) in [6.07, 6.45) is 35.3. The topological polar surface area (TPSA) is 135 Å². The average molecular weight is 950 g/mol. The summed E-state index contributed by atoms with van der Waals surface area (Å²) < 4.78 is 27.8. The second kappa shape index (κ2) is 45.7. The molecule has 0 amide bonds. The lowest BCUT2D eigenvalue weighted by molar-refractivity contribution is -0.180. The van der Waals surface area contributed by atoms with Crippen LogP contribution in [-0.4, -0.2) is 86.9 Å². The van der Waals surface area contributed by atoms with E-state index in [4.69, 9.17) is 23.7 Å². The molecular formula is C56H103NO10. The minimum Gasteiger partial charge on any atom is -0.465 e. The molecule has 0 aromatic carbocycles. The van der Waals surface area contributed by atoms with Crippen molar-refractivity contribution in [3.05, 3.63) is 0 Å². The number of esters is 5. The molecule has 1 aliphatic heterocycles. The lowest BCUT2D eigenvalue weighted by Crippen LogP contribution is -2.38. The maximum absolute atomic E-state index is 13.2. The number of likely N-dealkylation sites (tertiary alicyclic amines) is 1. The summed E-state index contributed by atoms with van der Waals surface area (Å²) in [6, 6.07) is 0. The molecule has 0 aromatic rings. The quantitative estimate of drug-likeness (QED) is 0.0250. The summed E-state index contributed by atoms with van der Waals surface area (Å²) in [5, 5.41) is 0. The molecule has 1 saturated heterocycles. The Balaban J connectivity index is 2.50. The van der Waals surface area contributed by atoms with Gasteiger partial charge in [0.25, 0.3) is 6.10 Å². The predicted octanol–water partition coefficient (Wildman–Crippen LogP) is 14.1. The highest BCUT2D eigenvalue weighted by molar-refractivity contribution is 5.99. The molecule has 67 heavy (non-hydrogen) atoms. The average Bonchev–Trinajstić information content (AvgIpc) is 3.85. The van der Waals surface area contributed by atoms with Crippen molar-refractivity contribution in [3.63, 3.8) is 0 Å². The van der Waals surface area contributed by atoms with Crippen LogP contribution in [0.3, 0.4) is 0 Å². The molecule has 0 radical (unpaired) electrons. The molecular weight excluding hydrogens is 847 g/mol. The van der Waals surface area contributed by atoms with Crippen molar-refractivity contribution in [2.75, 3.05) is 46.1 Å². The number of nitrogens with zero attached hydrogens (tertiary/aromatic N) is 1. The van der Waals surface area contributed by atoms with E-state index in [0.29, 0.717) is 32.5 Å². The Kier molecular flexibility index (Phi) is 42.5. The largest absolute Gasteiger partial charge is 0.465 e. The molecule has 0 aliphatic carbocycles. The molecule has 11 heteroatoms. The van der Waals surface area contributed by atoms with Gasteiger partial charge >= 0.3 is 29.8 Å². The normalized spacial score (nSPS) is 14.1. The highest BCUT2D eigenvalue weighted by Gasteiger charge is 2.34. The van der Waals surface area contributed by atoms with Crippen LogP contribution in [0.4, 0.5) is 0 Å². The van der Waals surface area contributed by atoms with Crippen LogP contribution < -0.4 is 0 Å². The molecule has 0 N–H and O–H groups in total. The van der Waals surface area contributed by atoms with Gasteiger partial charge in [-0.05, 0) is 122 Å². The fourth-order valence-corrected chi connectivity index (χ4v) is 8.92. The SMILES string of the molecule is CCCCCCCCC(CCCCCC)C(=O)OCCCCCCOC(=O)C(OC(=O)CCCCN1CCCC1)C(=O)OCCCCCCOC(=O)C(CCCCCC)CCCCCCCC. The molecule has 0 spiro atoms. The molecule has 0 saturated carbocycles. The van der Waals surface area contributed by atoms with Crippen molar-refractivity contribution in [3.8, 4) is 0 Å². The number of ether oxygens (including phenoxy) is 5. The van der Waals surface area contributed by atoms with Crippen LogP contribution in [0.2, 0.25) is 0 Å². The van der Waals surface area contributed by atoms with Crippen molar-refractivity contribution in [2.24, 2.45) is 11.8 Å². The maximum atomic E-state index is 13.2. The zero-order chi connectivity index (χ0) is 48.8. The summed E-state index contributed by atoms with van der Waals surface area (Å²) >= 11 is 0. The van der Waals surface area contributed by atoms with Gasteiger partial charge in [-0.1, -0.05) is 156 Å². The minimum atomic E-state index is -1.76. The molecule has 1 aliphatic rings. The van der Waals surface area contributed by atoms with Gasteiger partial charge in [0.05, 0.1) is 38.3 Å². The van der Waals surface area contributed by atoms with Gasteiger partial charge in [0.1, 0.15) is 0 Å². The van der Waals surface area contributed by atoms with Gasteiger partial charge in [0, 0.05) is 6.42 Å². The van der Waals surface area contributed by atoms with Crippen LogP contribution in [-0.2, 0) is 47.7 Å². The molecule has 1 rings (SSSR count). The van der Waals surface area contributed by atoms with Crippen LogP contribution in [0, 0.1) is 11.8 Å².